The quantitative estimate of drug-likeness (QED) is 0.359. The van der Waals surface area contributed by atoms with Gasteiger partial charge in [0.25, 0.3) is 0 Å². The number of likely N-dealkylation sites (tertiary alicyclic amines) is 1. The topological polar surface area (TPSA) is 66.0 Å². The maximum Gasteiger partial charge on any atom is 0.244 e. The van der Waals surface area contributed by atoms with Gasteiger partial charge in [-0.15, -0.1) is 24.0 Å². The number of hydrogen-bond donors (Lipinski definition) is 2. The molecule has 1 heterocycles. The normalized spacial score (nSPS) is 15.3. The number of aliphatic imine (C=N–C) groups is 1. The highest BCUT2D eigenvalue weighted by atomic mass is 127. The Morgan fingerprint density at radius 1 is 1.27 bits per heavy atom. The van der Waals surface area contributed by atoms with Crippen LogP contribution < -0.4 is 10.6 Å². The second kappa shape index (κ2) is 12.1. The number of benzene rings is 1. The summed E-state index contributed by atoms with van der Waals surface area (Å²) >= 11 is 0. The van der Waals surface area contributed by atoms with Crippen LogP contribution in [0.1, 0.15) is 31.4 Å². The second-order valence-corrected chi connectivity index (χ2v) is 5.94. The third kappa shape index (κ3) is 7.06. The predicted molar refractivity (Wildman–Crippen MR) is 111 cm³/mol. The van der Waals surface area contributed by atoms with Gasteiger partial charge in [-0.2, -0.15) is 0 Å². The first-order chi connectivity index (χ1) is 12.1. The number of ether oxygens (including phenoxy) is 1. The molecule has 0 radical (unpaired) electrons. The summed E-state index contributed by atoms with van der Waals surface area (Å²) < 4.78 is 18.5. The summed E-state index contributed by atoms with van der Waals surface area (Å²) in [6, 6.07) is 6.23. The molecule has 0 aromatic heterocycles. The zero-order chi connectivity index (χ0) is 18.1. The highest BCUT2D eigenvalue weighted by Crippen LogP contribution is 2.16. The van der Waals surface area contributed by atoms with Gasteiger partial charge in [-0.25, -0.2) is 9.38 Å². The number of carbonyl (C=O) groups excluding carboxylic acids is 1. The molecular formula is C18H28FIN4O2. The van der Waals surface area contributed by atoms with E-state index in [9.17, 15) is 9.18 Å². The molecule has 1 unspecified atom stereocenters. The molecule has 1 fully saturated rings. The fourth-order valence-electron chi connectivity index (χ4n) is 2.76. The Kier molecular flexibility index (Phi) is 10.5. The van der Waals surface area contributed by atoms with Gasteiger partial charge >= 0.3 is 0 Å². The Labute approximate surface area is 171 Å². The lowest BCUT2D eigenvalue weighted by molar-refractivity contribution is -0.128. The number of amides is 1. The molecule has 1 aliphatic heterocycles. The molecule has 0 spiro atoms. The summed E-state index contributed by atoms with van der Waals surface area (Å²) in [7, 11) is 1.61. The first-order valence-corrected chi connectivity index (χ1v) is 8.72. The number of rotatable bonds is 7. The van der Waals surface area contributed by atoms with Crippen molar-refractivity contribution < 1.29 is 13.9 Å². The van der Waals surface area contributed by atoms with Crippen LogP contribution in [0.15, 0.2) is 29.3 Å². The highest BCUT2D eigenvalue weighted by molar-refractivity contribution is 14.0. The van der Waals surface area contributed by atoms with Crippen molar-refractivity contribution in [2.24, 2.45) is 4.99 Å². The van der Waals surface area contributed by atoms with Gasteiger partial charge in [0.05, 0.1) is 6.10 Å². The minimum atomic E-state index is -0.276. The van der Waals surface area contributed by atoms with Gasteiger partial charge in [-0.1, -0.05) is 12.1 Å². The van der Waals surface area contributed by atoms with E-state index in [0.717, 1.165) is 31.5 Å². The van der Waals surface area contributed by atoms with E-state index in [1.54, 1.807) is 19.2 Å². The molecule has 1 aromatic rings. The molecule has 146 valence electrons. The van der Waals surface area contributed by atoms with Crippen molar-refractivity contribution in [3.8, 4) is 0 Å². The van der Waals surface area contributed by atoms with Crippen molar-refractivity contribution in [3.63, 3.8) is 0 Å². The van der Waals surface area contributed by atoms with E-state index in [1.807, 2.05) is 11.8 Å². The number of nitrogens with one attached hydrogen (secondary N) is 2. The van der Waals surface area contributed by atoms with Gasteiger partial charge in [-0.05, 0) is 37.5 Å². The monoisotopic (exact) mass is 478 g/mol. The summed E-state index contributed by atoms with van der Waals surface area (Å²) in [5.41, 5.74) is 0.875. The number of halogens is 2. The van der Waals surface area contributed by atoms with Gasteiger partial charge in [-0.3, -0.25) is 4.79 Å². The largest absolute Gasteiger partial charge is 0.375 e. The van der Waals surface area contributed by atoms with Gasteiger partial charge < -0.3 is 20.3 Å². The van der Waals surface area contributed by atoms with Crippen LogP contribution in [0.5, 0.6) is 0 Å². The summed E-state index contributed by atoms with van der Waals surface area (Å²) in [5, 5.41) is 6.30. The summed E-state index contributed by atoms with van der Waals surface area (Å²) in [5.74, 6) is 0.345. The SMILES string of the molecule is CCNC(=NCC(=O)N1CCCC1)NCC(OC)c1ccc(F)cc1.I. The molecule has 1 amide bonds. The Morgan fingerprint density at radius 3 is 2.50 bits per heavy atom. The molecule has 1 aliphatic rings. The Hall–Kier alpha value is -1.42. The average molecular weight is 478 g/mol. The minimum absolute atomic E-state index is 0. The number of methoxy groups -OCH3 is 1. The number of guanidine groups is 1. The van der Waals surface area contributed by atoms with E-state index >= 15 is 0 Å². The average Bonchev–Trinajstić information content (AvgIpc) is 3.16. The number of hydrogen-bond acceptors (Lipinski definition) is 3. The van der Waals surface area contributed by atoms with Crippen LogP contribution in [0.4, 0.5) is 4.39 Å². The van der Waals surface area contributed by atoms with Crippen LogP contribution in [0.25, 0.3) is 0 Å². The van der Waals surface area contributed by atoms with E-state index in [0.29, 0.717) is 19.0 Å². The summed E-state index contributed by atoms with van der Waals surface area (Å²) in [6.45, 7) is 4.91. The zero-order valence-corrected chi connectivity index (χ0v) is 17.7. The van der Waals surface area contributed by atoms with Crippen LogP contribution in [0.3, 0.4) is 0 Å². The second-order valence-electron chi connectivity index (χ2n) is 5.94. The van der Waals surface area contributed by atoms with E-state index in [4.69, 9.17) is 4.74 Å². The molecule has 6 nitrogen and oxygen atoms in total. The summed E-state index contributed by atoms with van der Waals surface area (Å²) in [4.78, 5) is 18.3. The molecule has 0 saturated carbocycles. The molecule has 1 aromatic carbocycles. The van der Waals surface area contributed by atoms with Crippen molar-refractivity contribution in [1.82, 2.24) is 15.5 Å². The third-order valence-electron chi connectivity index (χ3n) is 4.16. The van der Waals surface area contributed by atoms with Crippen molar-refractivity contribution in [1.29, 1.82) is 0 Å². The Bertz CT molecular complexity index is 577. The van der Waals surface area contributed by atoms with Crippen LogP contribution in [-0.4, -0.2) is 56.6 Å². The Morgan fingerprint density at radius 2 is 1.92 bits per heavy atom. The Balaban J connectivity index is 0.00000338. The van der Waals surface area contributed by atoms with Crippen molar-refractivity contribution in [3.05, 3.63) is 35.6 Å². The number of nitrogens with zero attached hydrogens (tertiary/aromatic N) is 2. The standard InChI is InChI=1S/C18H27FN4O2.HI/c1-3-20-18(22-13-17(24)23-10-4-5-11-23)21-12-16(25-2)14-6-8-15(19)9-7-14;/h6-9,16H,3-5,10-13H2,1-2H3,(H2,20,21,22);1H. The van der Waals surface area contributed by atoms with Crippen molar-refractivity contribution in [2.75, 3.05) is 39.8 Å². The lowest BCUT2D eigenvalue weighted by Crippen LogP contribution is -2.40. The first kappa shape index (κ1) is 22.6. The van der Waals surface area contributed by atoms with Crippen LogP contribution >= 0.6 is 24.0 Å². The first-order valence-electron chi connectivity index (χ1n) is 8.72. The van der Waals surface area contributed by atoms with E-state index in [1.165, 1.54) is 12.1 Å². The fraction of sp³-hybridized carbons (Fsp3) is 0.556. The van der Waals surface area contributed by atoms with E-state index in [2.05, 4.69) is 15.6 Å². The highest BCUT2D eigenvalue weighted by Gasteiger charge is 2.17. The fourth-order valence-corrected chi connectivity index (χ4v) is 2.76. The molecule has 26 heavy (non-hydrogen) atoms. The van der Waals surface area contributed by atoms with Crippen LogP contribution in [0, 0.1) is 5.82 Å². The maximum absolute atomic E-state index is 13.1. The van der Waals surface area contributed by atoms with Gasteiger partial charge in [0.15, 0.2) is 5.96 Å². The van der Waals surface area contributed by atoms with Crippen molar-refractivity contribution in [2.45, 2.75) is 25.9 Å². The third-order valence-corrected chi connectivity index (χ3v) is 4.16. The summed E-state index contributed by atoms with van der Waals surface area (Å²) in [6.07, 6.45) is 1.90. The zero-order valence-electron chi connectivity index (χ0n) is 15.3. The van der Waals surface area contributed by atoms with Gasteiger partial charge in [0.1, 0.15) is 12.4 Å². The lowest BCUT2D eigenvalue weighted by Gasteiger charge is -2.19. The van der Waals surface area contributed by atoms with E-state index < -0.39 is 0 Å². The van der Waals surface area contributed by atoms with Crippen molar-refractivity contribution >= 4 is 35.8 Å². The maximum atomic E-state index is 13.1. The molecule has 1 saturated heterocycles. The molecule has 0 aliphatic carbocycles. The van der Waals surface area contributed by atoms with Crippen LogP contribution in [-0.2, 0) is 9.53 Å². The van der Waals surface area contributed by atoms with Gasteiger partial charge in [0, 0.05) is 33.3 Å². The van der Waals surface area contributed by atoms with E-state index in [-0.39, 0.29) is 48.3 Å². The van der Waals surface area contributed by atoms with Crippen LogP contribution in [0.2, 0.25) is 0 Å². The molecule has 2 N–H and O–H groups in total. The number of carbonyl (C=O) groups is 1. The predicted octanol–water partition coefficient (Wildman–Crippen LogP) is 2.31. The van der Waals surface area contributed by atoms with Gasteiger partial charge in [0.2, 0.25) is 5.91 Å². The molecule has 0 bridgehead atoms. The smallest absolute Gasteiger partial charge is 0.244 e. The molecule has 1 atom stereocenters. The minimum Gasteiger partial charge on any atom is -0.375 e. The molecular weight excluding hydrogens is 450 g/mol. The molecule has 8 heteroatoms. The molecule has 2 rings (SSSR count). The lowest BCUT2D eigenvalue weighted by atomic mass is 10.1.